The molecule has 0 atom stereocenters. The van der Waals surface area contributed by atoms with Gasteiger partial charge in [-0.3, -0.25) is 0 Å². The first-order chi connectivity index (χ1) is 7.68. The lowest BCUT2D eigenvalue weighted by atomic mass is 9.79. The van der Waals surface area contributed by atoms with E-state index < -0.39 is 5.60 Å². The quantitative estimate of drug-likeness (QED) is 0.823. The van der Waals surface area contributed by atoms with Crippen LogP contribution in [-0.2, 0) is 6.54 Å². The minimum absolute atomic E-state index is 0.490. The fourth-order valence-corrected chi connectivity index (χ4v) is 2.31. The Hall–Kier alpha value is -0.800. The summed E-state index contributed by atoms with van der Waals surface area (Å²) < 4.78 is 4.99. The number of furan rings is 1. The van der Waals surface area contributed by atoms with Crippen LogP contribution in [0.15, 0.2) is 23.0 Å². The molecule has 0 aliphatic heterocycles. The van der Waals surface area contributed by atoms with E-state index in [1.54, 1.807) is 12.5 Å². The molecule has 1 heterocycles. The molecule has 0 saturated heterocycles. The van der Waals surface area contributed by atoms with E-state index in [4.69, 9.17) is 4.42 Å². The van der Waals surface area contributed by atoms with E-state index in [1.807, 2.05) is 6.07 Å². The van der Waals surface area contributed by atoms with Crippen molar-refractivity contribution in [2.75, 3.05) is 6.54 Å². The molecule has 3 nitrogen and oxygen atoms in total. The molecule has 0 radical (unpaired) electrons. The van der Waals surface area contributed by atoms with Gasteiger partial charge in [0.05, 0.1) is 18.1 Å². The Morgan fingerprint density at radius 2 is 2.25 bits per heavy atom. The highest BCUT2D eigenvalue weighted by Gasteiger charge is 2.31. The Kier molecular flexibility index (Phi) is 3.66. The normalized spacial score (nSPS) is 30.5. The maximum atomic E-state index is 10.3. The van der Waals surface area contributed by atoms with Crippen LogP contribution in [0.25, 0.3) is 0 Å². The predicted octanol–water partition coefficient (Wildman–Crippen LogP) is 2.31. The molecule has 16 heavy (non-hydrogen) atoms. The van der Waals surface area contributed by atoms with Crippen LogP contribution in [0.2, 0.25) is 0 Å². The maximum Gasteiger partial charge on any atom is 0.0947 e. The van der Waals surface area contributed by atoms with Gasteiger partial charge in [-0.05, 0) is 37.7 Å². The largest absolute Gasteiger partial charge is 0.472 e. The van der Waals surface area contributed by atoms with E-state index in [0.717, 1.165) is 43.7 Å². The molecular weight excluding hydrogens is 202 g/mol. The summed E-state index contributed by atoms with van der Waals surface area (Å²) in [5, 5.41) is 13.6. The summed E-state index contributed by atoms with van der Waals surface area (Å²) in [6.45, 7) is 3.72. The van der Waals surface area contributed by atoms with Gasteiger partial charge in [-0.1, -0.05) is 6.92 Å². The third-order valence-corrected chi connectivity index (χ3v) is 3.57. The highest BCUT2D eigenvalue weighted by atomic mass is 16.3. The molecule has 0 spiro atoms. The number of hydrogen-bond donors (Lipinski definition) is 2. The minimum Gasteiger partial charge on any atom is -0.472 e. The van der Waals surface area contributed by atoms with Crippen LogP contribution in [0, 0.1) is 5.92 Å². The first kappa shape index (κ1) is 11.7. The number of rotatable bonds is 4. The fraction of sp³-hybridized carbons (Fsp3) is 0.692. The second-order valence-corrected chi connectivity index (χ2v) is 5.14. The average Bonchev–Trinajstić information content (AvgIpc) is 2.76. The Morgan fingerprint density at radius 3 is 2.88 bits per heavy atom. The molecule has 1 aliphatic carbocycles. The standard InChI is InChI=1S/C13H21NO2/c1-11-2-5-13(15,6-3-11)10-14-8-12-4-7-16-9-12/h4,7,9,11,14-15H,2-3,5-6,8,10H2,1H3. The van der Waals surface area contributed by atoms with Crippen molar-refractivity contribution in [2.45, 2.75) is 44.8 Å². The summed E-state index contributed by atoms with van der Waals surface area (Å²) in [6.07, 6.45) is 7.54. The summed E-state index contributed by atoms with van der Waals surface area (Å²) in [5.41, 5.74) is 0.642. The highest BCUT2D eigenvalue weighted by molar-refractivity contribution is 5.04. The lowest BCUT2D eigenvalue weighted by Crippen LogP contribution is -2.43. The Bertz CT molecular complexity index is 300. The maximum absolute atomic E-state index is 10.3. The van der Waals surface area contributed by atoms with Gasteiger partial charge in [0.1, 0.15) is 0 Å². The van der Waals surface area contributed by atoms with Gasteiger partial charge in [-0.15, -0.1) is 0 Å². The molecule has 2 rings (SSSR count). The molecule has 90 valence electrons. The van der Waals surface area contributed by atoms with Crippen LogP contribution in [0.3, 0.4) is 0 Å². The van der Waals surface area contributed by atoms with Crippen molar-refractivity contribution in [2.24, 2.45) is 5.92 Å². The average molecular weight is 223 g/mol. The van der Waals surface area contributed by atoms with Crippen LogP contribution in [0.1, 0.15) is 38.2 Å². The first-order valence-electron chi connectivity index (χ1n) is 6.12. The van der Waals surface area contributed by atoms with Crippen LogP contribution in [0.4, 0.5) is 0 Å². The number of aliphatic hydroxyl groups is 1. The highest BCUT2D eigenvalue weighted by Crippen LogP contribution is 2.31. The van der Waals surface area contributed by atoms with Crippen molar-refractivity contribution >= 4 is 0 Å². The smallest absolute Gasteiger partial charge is 0.0947 e. The summed E-state index contributed by atoms with van der Waals surface area (Å²) in [5.74, 6) is 0.772. The molecule has 0 amide bonds. The zero-order valence-corrected chi connectivity index (χ0v) is 9.91. The van der Waals surface area contributed by atoms with Crippen LogP contribution >= 0.6 is 0 Å². The van der Waals surface area contributed by atoms with Crippen molar-refractivity contribution in [3.05, 3.63) is 24.2 Å². The SMILES string of the molecule is CC1CCC(O)(CNCc2ccoc2)CC1. The lowest BCUT2D eigenvalue weighted by molar-refractivity contribution is -0.00630. The topological polar surface area (TPSA) is 45.4 Å². The second-order valence-electron chi connectivity index (χ2n) is 5.14. The van der Waals surface area contributed by atoms with Crippen LogP contribution < -0.4 is 5.32 Å². The summed E-state index contributed by atoms with van der Waals surface area (Å²) >= 11 is 0. The van der Waals surface area contributed by atoms with Crippen molar-refractivity contribution < 1.29 is 9.52 Å². The van der Waals surface area contributed by atoms with Crippen LogP contribution in [-0.4, -0.2) is 17.3 Å². The fourth-order valence-electron chi connectivity index (χ4n) is 2.31. The molecular formula is C13H21NO2. The third kappa shape index (κ3) is 3.09. The van der Waals surface area contributed by atoms with Gasteiger partial charge in [0.25, 0.3) is 0 Å². The molecule has 0 bridgehead atoms. The lowest BCUT2D eigenvalue weighted by Gasteiger charge is -2.35. The van der Waals surface area contributed by atoms with Gasteiger partial charge in [0, 0.05) is 18.7 Å². The monoisotopic (exact) mass is 223 g/mol. The van der Waals surface area contributed by atoms with Gasteiger partial charge >= 0.3 is 0 Å². The van der Waals surface area contributed by atoms with E-state index in [0.29, 0.717) is 6.54 Å². The summed E-state index contributed by atoms with van der Waals surface area (Å²) in [7, 11) is 0. The molecule has 1 fully saturated rings. The Labute approximate surface area is 96.8 Å². The summed E-state index contributed by atoms with van der Waals surface area (Å²) in [6, 6.07) is 1.94. The zero-order chi connectivity index (χ0) is 11.4. The molecule has 1 aromatic heterocycles. The van der Waals surface area contributed by atoms with E-state index >= 15 is 0 Å². The van der Waals surface area contributed by atoms with Crippen molar-refractivity contribution in [3.8, 4) is 0 Å². The third-order valence-electron chi connectivity index (χ3n) is 3.57. The van der Waals surface area contributed by atoms with Crippen LogP contribution in [0.5, 0.6) is 0 Å². The number of hydrogen-bond acceptors (Lipinski definition) is 3. The molecule has 0 unspecified atom stereocenters. The Balaban J connectivity index is 1.73. The van der Waals surface area contributed by atoms with E-state index in [2.05, 4.69) is 12.2 Å². The van der Waals surface area contributed by atoms with Crippen molar-refractivity contribution in [1.82, 2.24) is 5.32 Å². The molecule has 3 heteroatoms. The number of nitrogens with one attached hydrogen (secondary N) is 1. The van der Waals surface area contributed by atoms with Gasteiger partial charge in [-0.25, -0.2) is 0 Å². The van der Waals surface area contributed by atoms with Gasteiger partial charge in [0.2, 0.25) is 0 Å². The molecule has 1 aliphatic rings. The summed E-state index contributed by atoms with van der Waals surface area (Å²) in [4.78, 5) is 0. The van der Waals surface area contributed by atoms with Crippen molar-refractivity contribution in [3.63, 3.8) is 0 Å². The zero-order valence-electron chi connectivity index (χ0n) is 9.91. The van der Waals surface area contributed by atoms with Crippen molar-refractivity contribution in [1.29, 1.82) is 0 Å². The second kappa shape index (κ2) is 5.02. The molecule has 1 aromatic rings. The molecule has 2 N–H and O–H groups in total. The van der Waals surface area contributed by atoms with Gasteiger partial charge < -0.3 is 14.8 Å². The van der Waals surface area contributed by atoms with Gasteiger partial charge in [0.15, 0.2) is 0 Å². The van der Waals surface area contributed by atoms with Gasteiger partial charge in [-0.2, -0.15) is 0 Å². The van der Waals surface area contributed by atoms with E-state index in [-0.39, 0.29) is 0 Å². The van der Waals surface area contributed by atoms with E-state index in [1.165, 1.54) is 0 Å². The minimum atomic E-state index is -0.490. The molecule has 1 saturated carbocycles. The predicted molar refractivity (Wildman–Crippen MR) is 63.0 cm³/mol. The van der Waals surface area contributed by atoms with E-state index in [9.17, 15) is 5.11 Å². The Morgan fingerprint density at radius 1 is 1.50 bits per heavy atom. The molecule has 0 aromatic carbocycles. The first-order valence-corrected chi connectivity index (χ1v) is 6.12.